The van der Waals surface area contributed by atoms with Crippen LogP contribution in [0.15, 0.2) is 53.4 Å². The van der Waals surface area contributed by atoms with E-state index in [1.54, 1.807) is 24.3 Å². The molecule has 1 aliphatic carbocycles. The van der Waals surface area contributed by atoms with E-state index in [1.807, 2.05) is 0 Å². The highest BCUT2D eigenvalue weighted by atomic mass is 32.2. The van der Waals surface area contributed by atoms with Crippen LogP contribution in [0.1, 0.15) is 42.5 Å². The molecule has 1 amide bonds. The lowest BCUT2D eigenvalue weighted by atomic mass is 9.77. The van der Waals surface area contributed by atoms with Crippen LogP contribution in [0.2, 0.25) is 0 Å². The highest BCUT2D eigenvalue weighted by molar-refractivity contribution is 8.01. The zero-order valence-corrected chi connectivity index (χ0v) is 19.1. The minimum atomic E-state index is -4.80. The fourth-order valence-electron chi connectivity index (χ4n) is 4.74. The molecule has 1 unspecified atom stereocenters. The van der Waals surface area contributed by atoms with Crippen molar-refractivity contribution in [2.75, 3.05) is 13.1 Å². The summed E-state index contributed by atoms with van der Waals surface area (Å²) in [6.07, 6.45) is -0.249. The molecule has 1 atom stereocenters. The summed E-state index contributed by atoms with van der Waals surface area (Å²) in [4.78, 5) is 25.6. The smallest absolute Gasteiger partial charge is 0.423 e. The van der Waals surface area contributed by atoms with Crippen molar-refractivity contribution in [3.8, 4) is 11.5 Å². The van der Waals surface area contributed by atoms with Gasteiger partial charge in [0.05, 0.1) is 10.3 Å². The van der Waals surface area contributed by atoms with E-state index in [-0.39, 0.29) is 22.6 Å². The summed E-state index contributed by atoms with van der Waals surface area (Å²) < 4.78 is 45.3. The highest BCUT2D eigenvalue weighted by Crippen LogP contribution is 2.56. The highest BCUT2D eigenvalue weighted by Gasteiger charge is 2.52. The molecule has 1 spiro atoms. The number of piperidine rings is 1. The van der Waals surface area contributed by atoms with Crippen LogP contribution in [0.4, 0.5) is 13.2 Å². The molecule has 0 radical (unpaired) electrons. The van der Waals surface area contributed by atoms with Gasteiger partial charge in [-0.15, -0.1) is 24.9 Å². The van der Waals surface area contributed by atoms with Gasteiger partial charge in [0.1, 0.15) is 11.5 Å². The first kappa shape index (κ1) is 24.4. The van der Waals surface area contributed by atoms with Crippen molar-refractivity contribution in [1.82, 2.24) is 5.32 Å². The number of nitrogens with two attached hydrogens (primary N) is 1. The summed E-state index contributed by atoms with van der Waals surface area (Å²) in [5.74, 6) is -1.16. The zero-order valence-electron chi connectivity index (χ0n) is 18.3. The number of benzene rings is 2. The van der Waals surface area contributed by atoms with Gasteiger partial charge in [-0.1, -0.05) is 0 Å². The van der Waals surface area contributed by atoms with Gasteiger partial charge in [-0.2, -0.15) is 0 Å². The molecule has 0 bridgehead atoms. The van der Waals surface area contributed by atoms with Crippen molar-refractivity contribution in [2.24, 2.45) is 11.1 Å². The average molecular weight is 495 g/mol. The lowest BCUT2D eigenvalue weighted by molar-refractivity contribution is -0.274. The number of alkyl halides is 3. The van der Waals surface area contributed by atoms with Crippen LogP contribution in [-0.4, -0.2) is 36.1 Å². The van der Waals surface area contributed by atoms with Crippen LogP contribution >= 0.6 is 11.8 Å². The third kappa shape index (κ3) is 5.67. The van der Waals surface area contributed by atoms with Gasteiger partial charge in [0.2, 0.25) is 5.91 Å². The first-order valence-electron chi connectivity index (χ1n) is 11.0. The van der Waals surface area contributed by atoms with Crippen LogP contribution in [0.3, 0.4) is 0 Å². The molecule has 2 aliphatic rings. The molecular formula is C24H25F3N2O4S. The number of hydrogen-bond acceptors (Lipinski definition) is 6. The van der Waals surface area contributed by atoms with Crippen LogP contribution in [0.5, 0.6) is 11.5 Å². The van der Waals surface area contributed by atoms with Gasteiger partial charge in [-0.05, 0) is 99.1 Å². The maximum absolute atomic E-state index is 12.5. The quantitative estimate of drug-likeness (QED) is 0.448. The third-order valence-corrected chi connectivity index (χ3v) is 7.95. The lowest BCUT2D eigenvalue weighted by Gasteiger charge is -2.35. The number of halogens is 3. The largest absolute Gasteiger partial charge is 0.573 e. The van der Waals surface area contributed by atoms with Gasteiger partial charge in [-0.3, -0.25) is 4.79 Å². The summed E-state index contributed by atoms with van der Waals surface area (Å²) in [7, 11) is 0. The molecule has 6 nitrogen and oxygen atoms in total. The van der Waals surface area contributed by atoms with E-state index in [9.17, 15) is 22.8 Å². The molecule has 34 heavy (non-hydrogen) atoms. The van der Waals surface area contributed by atoms with E-state index in [0.717, 1.165) is 62.2 Å². The van der Waals surface area contributed by atoms with Gasteiger partial charge >= 0.3 is 12.3 Å². The lowest BCUT2D eigenvalue weighted by Crippen LogP contribution is -2.42. The van der Waals surface area contributed by atoms with Crippen molar-refractivity contribution < 1.29 is 32.2 Å². The summed E-state index contributed by atoms with van der Waals surface area (Å²) in [5.41, 5.74) is 6.10. The molecule has 182 valence electrons. The third-order valence-electron chi connectivity index (χ3n) is 6.50. The molecule has 1 heterocycles. The van der Waals surface area contributed by atoms with Crippen molar-refractivity contribution >= 4 is 23.6 Å². The number of amides is 1. The number of rotatable bonds is 6. The molecule has 1 aliphatic heterocycles. The van der Waals surface area contributed by atoms with Crippen LogP contribution in [0.25, 0.3) is 0 Å². The fraction of sp³-hybridized carbons (Fsp3) is 0.417. The SMILES string of the molecule is NC(=O)C1(Sc2ccc(OC(=O)c3ccc(OC(F)(F)F)cc3)cc2)CCC2(CCNCC2)C1. The Kier molecular flexibility index (Phi) is 6.82. The van der Waals surface area contributed by atoms with Crippen LogP contribution in [-0.2, 0) is 4.79 Å². The Balaban J connectivity index is 1.39. The minimum Gasteiger partial charge on any atom is -0.423 e. The zero-order chi connectivity index (χ0) is 24.4. The minimum absolute atomic E-state index is 0.0823. The summed E-state index contributed by atoms with van der Waals surface area (Å²) >= 11 is 1.46. The van der Waals surface area contributed by atoms with Gasteiger partial charge in [0.25, 0.3) is 0 Å². The number of esters is 1. The van der Waals surface area contributed by atoms with Crippen molar-refractivity contribution in [3.63, 3.8) is 0 Å². The molecule has 1 saturated carbocycles. The fourth-order valence-corrected chi connectivity index (χ4v) is 6.15. The van der Waals surface area contributed by atoms with E-state index >= 15 is 0 Å². The Morgan fingerprint density at radius 3 is 2.12 bits per heavy atom. The first-order chi connectivity index (χ1) is 16.1. The van der Waals surface area contributed by atoms with Gasteiger partial charge in [-0.25, -0.2) is 4.79 Å². The Morgan fingerprint density at radius 2 is 1.53 bits per heavy atom. The predicted octanol–water partition coefficient (Wildman–Crippen LogP) is 4.67. The molecule has 3 N–H and O–H groups in total. The Morgan fingerprint density at radius 1 is 0.912 bits per heavy atom. The molecular weight excluding hydrogens is 469 g/mol. The topological polar surface area (TPSA) is 90.7 Å². The predicted molar refractivity (Wildman–Crippen MR) is 121 cm³/mol. The Labute approximate surface area is 199 Å². The second-order valence-electron chi connectivity index (χ2n) is 8.82. The number of nitrogens with one attached hydrogen (secondary N) is 1. The molecule has 10 heteroatoms. The van der Waals surface area contributed by atoms with E-state index in [0.29, 0.717) is 0 Å². The molecule has 2 aromatic carbocycles. The van der Waals surface area contributed by atoms with E-state index < -0.39 is 22.8 Å². The standard InChI is InChI=1S/C24H25F3N2O4S/c25-24(26,27)33-18-3-1-16(2-4-18)20(30)32-17-5-7-19(8-6-17)34-23(21(28)31)10-9-22(15-23)11-13-29-14-12-22/h1-8,29H,9-15H2,(H2,28,31). The summed E-state index contributed by atoms with van der Waals surface area (Å²) in [5, 5.41) is 3.37. The van der Waals surface area contributed by atoms with Crippen molar-refractivity contribution in [2.45, 2.75) is 48.1 Å². The number of carbonyl (C=O) groups is 2. The van der Waals surface area contributed by atoms with Gasteiger partial charge in [0, 0.05) is 4.90 Å². The summed E-state index contributed by atoms with van der Waals surface area (Å²) in [6, 6.07) is 11.3. The van der Waals surface area contributed by atoms with E-state index in [4.69, 9.17) is 10.5 Å². The van der Waals surface area contributed by atoms with Gasteiger partial charge in [0.15, 0.2) is 0 Å². The van der Waals surface area contributed by atoms with Crippen molar-refractivity contribution in [3.05, 3.63) is 54.1 Å². The maximum Gasteiger partial charge on any atom is 0.573 e. The normalized spacial score (nSPS) is 21.9. The number of primary amides is 1. The average Bonchev–Trinajstić information content (AvgIpc) is 3.14. The van der Waals surface area contributed by atoms with E-state index in [2.05, 4.69) is 10.1 Å². The molecule has 2 aromatic rings. The van der Waals surface area contributed by atoms with Crippen LogP contribution < -0.4 is 20.5 Å². The number of carbonyl (C=O) groups excluding carboxylic acids is 2. The number of hydrogen-bond donors (Lipinski definition) is 2. The second kappa shape index (κ2) is 9.50. The van der Waals surface area contributed by atoms with Gasteiger partial charge < -0.3 is 20.5 Å². The number of ether oxygens (including phenoxy) is 2. The molecule has 0 aromatic heterocycles. The summed E-state index contributed by atoms with van der Waals surface area (Å²) in [6.45, 7) is 1.91. The maximum atomic E-state index is 12.5. The molecule has 2 fully saturated rings. The first-order valence-corrected chi connectivity index (χ1v) is 11.8. The van der Waals surface area contributed by atoms with Crippen molar-refractivity contribution in [1.29, 1.82) is 0 Å². The molecule has 1 saturated heterocycles. The van der Waals surface area contributed by atoms with Crippen LogP contribution in [0, 0.1) is 5.41 Å². The monoisotopic (exact) mass is 494 g/mol. The Bertz CT molecular complexity index is 1040. The van der Waals surface area contributed by atoms with E-state index in [1.165, 1.54) is 23.9 Å². The second-order valence-corrected chi connectivity index (χ2v) is 10.3. The number of thioether (sulfide) groups is 1. The Hall–Kier alpha value is -2.72. The molecule has 4 rings (SSSR count).